The van der Waals surface area contributed by atoms with E-state index in [9.17, 15) is 9.90 Å². The first-order valence-corrected chi connectivity index (χ1v) is 6.92. The quantitative estimate of drug-likeness (QED) is 0.904. The van der Waals surface area contributed by atoms with Crippen molar-refractivity contribution in [3.63, 3.8) is 0 Å². The lowest BCUT2D eigenvalue weighted by Crippen LogP contribution is -2.25. The lowest BCUT2D eigenvalue weighted by molar-refractivity contribution is -0.143. The summed E-state index contributed by atoms with van der Waals surface area (Å²) in [6.07, 6.45) is 3.92. The van der Waals surface area contributed by atoms with Crippen LogP contribution in [0.5, 0.6) is 5.75 Å². The van der Waals surface area contributed by atoms with Gasteiger partial charge in [-0.05, 0) is 49.3 Å². The van der Waals surface area contributed by atoms with Gasteiger partial charge in [-0.3, -0.25) is 4.79 Å². The van der Waals surface area contributed by atoms with Crippen LogP contribution in [-0.2, 0) is 4.79 Å². The van der Waals surface area contributed by atoms with Crippen molar-refractivity contribution in [1.29, 1.82) is 0 Å². The van der Waals surface area contributed by atoms with Crippen LogP contribution in [0.15, 0.2) is 12.1 Å². The zero-order chi connectivity index (χ0) is 14.0. The molecule has 104 valence electrons. The minimum Gasteiger partial charge on any atom is -0.496 e. The van der Waals surface area contributed by atoms with Crippen LogP contribution in [0.2, 0.25) is 0 Å². The third-order valence-electron chi connectivity index (χ3n) is 4.20. The highest BCUT2D eigenvalue weighted by molar-refractivity contribution is 5.71. The fourth-order valence-electron chi connectivity index (χ4n) is 3.35. The van der Waals surface area contributed by atoms with Gasteiger partial charge in [-0.15, -0.1) is 0 Å². The average molecular weight is 262 g/mol. The van der Waals surface area contributed by atoms with Crippen LogP contribution in [0.4, 0.5) is 0 Å². The van der Waals surface area contributed by atoms with Crippen LogP contribution in [0, 0.1) is 19.8 Å². The van der Waals surface area contributed by atoms with Crippen molar-refractivity contribution in [3.8, 4) is 5.75 Å². The zero-order valence-electron chi connectivity index (χ0n) is 11.9. The third kappa shape index (κ3) is 2.75. The average Bonchev–Trinajstić information content (AvgIpc) is 2.38. The number of benzene rings is 1. The molecule has 2 atom stereocenters. The second kappa shape index (κ2) is 5.64. The predicted molar refractivity (Wildman–Crippen MR) is 74.8 cm³/mol. The number of hydrogen-bond donors (Lipinski definition) is 1. The molecule has 1 aromatic rings. The lowest BCUT2D eigenvalue weighted by Gasteiger charge is -2.29. The number of aliphatic carboxylic acids is 1. The van der Waals surface area contributed by atoms with E-state index in [1.165, 1.54) is 0 Å². The van der Waals surface area contributed by atoms with Crippen molar-refractivity contribution >= 4 is 5.97 Å². The molecule has 0 heterocycles. The molecule has 0 bridgehead atoms. The Bertz CT molecular complexity index is 456. The third-order valence-corrected chi connectivity index (χ3v) is 4.20. The van der Waals surface area contributed by atoms with E-state index in [0.29, 0.717) is 0 Å². The molecule has 2 unspecified atom stereocenters. The number of aryl methyl sites for hydroxylation is 2. The van der Waals surface area contributed by atoms with Crippen LogP contribution in [0.3, 0.4) is 0 Å². The molecule has 0 amide bonds. The summed E-state index contributed by atoms with van der Waals surface area (Å²) in [5.74, 6) is 0.165. The van der Waals surface area contributed by atoms with Gasteiger partial charge in [0.2, 0.25) is 0 Å². The molecular formula is C16H22O3. The van der Waals surface area contributed by atoms with Crippen LogP contribution in [-0.4, -0.2) is 18.2 Å². The van der Waals surface area contributed by atoms with Gasteiger partial charge in [0, 0.05) is 0 Å². The molecule has 1 saturated carbocycles. The van der Waals surface area contributed by atoms with E-state index < -0.39 is 5.97 Å². The molecule has 1 fully saturated rings. The van der Waals surface area contributed by atoms with Crippen molar-refractivity contribution in [2.75, 3.05) is 7.11 Å². The summed E-state index contributed by atoms with van der Waals surface area (Å²) >= 11 is 0. The molecule has 0 aliphatic heterocycles. The zero-order valence-corrected chi connectivity index (χ0v) is 11.9. The van der Waals surface area contributed by atoms with Crippen LogP contribution in [0.25, 0.3) is 0 Å². The molecule has 19 heavy (non-hydrogen) atoms. The van der Waals surface area contributed by atoms with Crippen LogP contribution in [0.1, 0.15) is 48.3 Å². The maximum Gasteiger partial charge on any atom is 0.307 e. The normalized spacial score (nSPS) is 23.1. The van der Waals surface area contributed by atoms with Gasteiger partial charge in [-0.2, -0.15) is 0 Å². The van der Waals surface area contributed by atoms with E-state index in [4.69, 9.17) is 4.74 Å². The van der Waals surface area contributed by atoms with Crippen molar-refractivity contribution in [2.45, 2.75) is 45.4 Å². The second-order valence-electron chi connectivity index (χ2n) is 5.52. The van der Waals surface area contributed by atoms with Gasteiger partial charge in [0.15, 0.2) is 0 Å². The Balaban J connectivity index is 2.37. The number of methoxy groups -OCH3 is 1. The van der Waals surface area contributed by atoms with Crippen molar-refractivity contribution < 1.29 is 14.6 Å². The van der Waals surface area contributed by atoms with Crippen molar-refractivity contribution in [2.24, 2.45) is 5.92 Å². The molecule has 3 nitrogen and oxygen atoms in total. The number of rotatable bonds is 3. The standard InChI is InChI=1S/C16H22O3/c1-10-8-12(9-11(2)15(10)19-3)13-6-4-5-7-14(13)16(17)18/h8-9,13-14H,4-7H2,1-3H3,(H,17,18). The fraction of sp³-hybridized carbons (Fsp3) is 0.562. The van der Waals surface area contributed by atoms with Gasteiger partial charge in [-0.25, -0.2) is 0 Å². The largest absolute Gasteiger partial charge is 0.496 e. The number of carboxylic acid groups (broad SMARTS) is 1. The van der Waals surface area contributed by atoms with E-state index in [2.05, 4.69) is 12.1 Å². The Morgan fingerprint density at radius 1 is 1.21 bits per heavy atom. The summed E-state index contributed by atoms with van der Waals surface area (Å²) in [5, 5.41) is 9.38. The molecule has 1 N–H and O–H groups in total. The smallest absolute Gasteiger partial charge is 0.307 e. The van der Waals surface area contributed by atoms with Crippen molar-refractivity contribution in [3.05, 3.63) is 28.8 Å². The molecule has 0 saturated heterocycles. The lowest BCUT2D eigenvalue weighted by atomic mass is 9.75. The fourth-order valence-corrected chi connectivity index (χ4v) is 3.35. The van der Waals surface area contributed by atoms with Gasteiger partial charge < -0.3 is 9.84 Å². The topological polar surface area (TPSA) is 46.5 Å². The van der Waals surface area contributed by atoms with E-state index in [-0.39, 0.29) is 11.8 Å². The Hall–Kier alpha value is -1.51. The Kier molecular flexibility index (Phi) is 4.13. The minimum absolute atomic E-state index is 0.148. The summed E-state index contributed by atoms with van der Waals surface area (Å²) in [6.45, 7) is 4.04. The molecule has 3 heteroatoms. The number of hydrogen-bond acceptors (Lipinski definition) is 2. The monoisotopic (exact) mass is 262 g/mol. The number of carboxylic acids is 1. The summed E-state index contributed by atoms with van der Waals surface area (Å²) < 4.78 is 5.38. The molecule has 0 aromatic heterocycles. The summed E-state index contributed by atoms with van der Waals surface area (Å²) in [4.78, 5) is 11.4. The van der Waals surface area contributed by atoms with Gasteiger partial charge in [0.05, 0.1) is 13.0 Å². The molecule has 2 rings (SSSR count). The number of carbonyl (C=O) groups is 1. The summed E-state index contributed by atoms with van der Waals surface area (Å²) in [7, 11) is 1.68. The Labute approximate surface area is 114 Å². The van der Waals surface area contributed by atoms with E-state index in [1.807, 2.05) is 13.8 Å². The van der Waals surface area contributed by atoms with Crippen molar-refractivity contribution in [1.82, 2.24) is 0 Å². The van der Waals surface area contributed by atoms with Gasteiger partial charge in [-0.1, -0.05) is 25.0 Å². The molecule has 1 aliphatic rings. The minimum atomic E-state index is -0.657. The highest BCUT2D eigenvalue weighted by Gasteiger charge is 2.32. The summed E-state index contributed by atoms with van der Waals surface area (Å²) in [5.41, 5.74) is 3.34. The Morgan fingerprint density at radius 2 is 1.79 bits per heavy atom. The van der Waals surface area contributed by atoms with E-state index >= 15 is 0 Å². The van der Waals surface area contributed by atoms with E-state index in [1.54, 1.807) is 7.11 Å². The number of ether oxygens (including phenoxy) is 1. The highest BCUT2D eigenvalue weighted by atomic mass is 16.5. The van der Waals surface area contributed by atoms with E-state index in [0.717, 1.165) is 48.1 Å². The molecule has 1 aliphatic carbocycles. The second-order valence-corrected chi connectivity index (χ2v) is 5.52. The van der Waals surface area contributed by atoms with Gasteiger partial charge in [0.25, 0.3) is 0 Å². The first kappa shape index (κ1) is 13.9. The highest BCUT2D eigenvalue weighted by Crippen LogP contribution is 2.40. The summed E-state index contributed by atoms with van der Waals surface area (Å²) in [6, 6.07) is 4.19. The Morgan fingerprint density at radius 3 is 2.32 bits per heavy atom. The molecule has 1 aromatic carbocycles. The van der Waals surface area contributed by atoms with Crippen LogP contribution < -0.4 is 4.74 Å². The maximum atomic E-state index is 11.4. The van der Waals surface area contributed by atoms with Gasteiger partial charge >= 0.3 is 5.97 Å². The van der Waals surface area contributed by atoms with Gasteiger partial charge in [0.1, 0.15) is 5.75 Å². The first-order chi connectivity index (χ1) is 9.04. The molecule has 0 spiro atoms. The molecular weight excluding hydrogens is 240 g/mol. The SMILES string of the molecule is COc1c(C)cc(C2CCCCC2C(=O)O)cc1C. The first-order valence-electron chi connectivity index (χ1n) is 6.92. The molecule has 0 radical (unpaired) electrons. The maximum absolute atomic E-state index is 11.4. The predicted octanol–water partition coefficient (Wildman–Crippen LogP) is 3.67. The van der Waals surface area contributed by atoms with Crippen LogP contribution >= 0.6 is 0 Å².